The molecule has 0 spiro atoms. The lowest BCUT2D eigenvalue weighted by Gasteiger charge is -2.20. The monoisotopic (exact) mass is 217 g/mol. The molecule has 1 heteroatoms. The van der Waals surface area contributed by atoms with Gasteiger partial charge in [0.1, 0.15) is 0 Å². The van der Waals surface area contributed by atoms with Crippen molar-refractivity contribution in [3.05, 3.63) is 41.5 Å². The zero-order valence-corrected chi connectivity index (χ0v) is 11.1. The number of aryl methyl sites for hydroxylation is 1. The third-order valence-electron chi connectivity index (χ3n) is 2.83. The fraction of sp³-hybridized carbons (Fsp3) is 0.467. The highest BCUT2D eigenvalue weighted by Gasteiger charge is 2.11. The highest BCUT2D eigenvalue weighted by Crippen LogP contribution is 2.24. The van der Waals surface area contributed by atoms with E-state index in [1.54, 1.807) is 0 Å². The Balaban J connectivity index is 2.91. The van der Waals surface area contributed by atoms with Crippen molar-refractivity contribution in [2.75, 3.05) is 20.6 Å². The van der Waals surface area contributed by atoms with Gasteiger partial charge in [-0.25, -0.2) is 0 Å². The van der Waals surface area contributed by atoms with Crippen LogP contribution in [-0.4, -0.2) is 25.5 Å². The first-order valence-electron chi connectivity index (χ1n) is 5.92. The molecular weight excluding hydrogens is 194 g/mol. The molecule has 1 rings (SSSR count). The van der Waals surface area contributed by atoms with Crippen molar-refractivity contribution in [3.63, 3.8) is 0 Å². The molecule has 0 saturated heterocycles. The topological polar surface area (TPSA) is 3.24 Å². The van der Waals surface area contributed by atoms with Crippen LogP contribution in [0.2, 0.25) is 0 Å². The fourth-order valence-electron chi connectivity index (χ4n) is 2.21. The Bertz CT molecular complexity index is 363. The Morgan fingerprint density at radius 1 is 1.38 bits per heavy atom. The first-order chi connectivity index (χ1) is 7.54. The van der Waals surface area contributed by atoms with E-state index < -0.39 is 0 Å². The van der Waals surface area contributed by atoms with Crippen LogP contribution in [0.3, 0.4) is 0 Å². The van der Waals surface area contributed by atoms with Crippen molar-refractivity contribution in [1.29, 1.82) is 0 Å². The lowest BCUT2D eigenvalue weighted by molar-refractivity contribution is 0.376. The van der Waals surface area contributed by atoms with Gasteiger partial charge in [0.25, 0.3) is 0 Å². The second kappa shape index (κ2) is 5.86. The molecule has 1 nitrogen and oxygen atoms in total. The maximum Gasteiger partial charge on any atom is 0.00416 e. The van der Waals surface area contributed by atoms with E-state index in [4.69, 9.17) is 0 Å². The SMILES string of the molecule is C/C=C(\c1cccc(C)c1)C(C)CN(C)C. The average molecular weight is 217 g/mol. The Hall–Kier alpha value is -1.08. The molecule has 0 heterocycles. The predicted molar refractivity (Wildman–Crippen MR) is 72.5 cm³/mol. The predicted octanol–water partition coefficient (Wildman–Crippen LogP) is 3.60. The van der Waals surface area contributed by atoms with Crippen LogP contribution in [0.4, 0.5) is 0 Å². The van der Waals surface area contributed by atoms with Crippen molar-refractivity contribution >= 4 is 5.57 Å². The van der Waals surface area contributed by atoms with Gasteiger partial charge in [0.15, 0.2) is 0 Å². The van der Waals surface area contributed by atoms with Crippen LogP contribution >= 0.6 is 0 Å². The number of hydrogen-bond acceptors (Lipinski definition) is 1. The zero-order chi connectivity index (χ0) is 12.1. The Morgan fingerprint density at radius 2 is 2.06 bits per heavy atom. The molecule has 1 atom stereocenters. The van der Waals surface area contributed by atoms with E-state index in [-0.39, 0.29) is 0 Å². The van der Waals surface area contributed by atoms with E-state index in [0.717, 1.165) is 6.54 Å². The summed E-state index contributed by atoms with van der Waals surface area (Å²) in [5.74, 6) is 0.571. The van der Waals surface area contributed by atoms with Gasteiger partial charge in [0.2, 0.25) is 0 Å². The fourth-order valence-corrected chi connectivity index (χ4v) is 2.21. The molecule has 0 saturated carbocycles. The van der Waals surface area contributed by atoms with E-state index in [0.29, 0.717) is 5.92 Å². The summed E-state index contributed by atoms with van der Waals surface area (Å²) in [6.07, 6.45) is 2.24. The molecule has 1 aromatic rings. The van der Waals surface area contributed by atoms with Crippen molar-refractivity contribution in [2.45, 2.75) is 20.8 Å². The molecule has 0 aliphatic rings. The largest absolute Gasteiger partial charge is 0.309 e. The van der Waals surface area contributed by atoms with Crippen molar-refractivity contribution in [3.8, 4) is 0 Å². The smallest absolute Gasteiger partial charge is 0.00416 e. The normalized spacial score (nSPS) is 14.2. The second-order valence-electron chi connectivity index (χ2n) is 4.78. The maximum atomic E-state index is 2.29. The summed E-state index contributed by atoms with van der Waals surface area (Å²) in [4.78, 5) is 2.24. The minimum atomic E-state index is 0.571. The molecule has 1 unspecified atom stereocenters. The summed E-state index contributed by atoms with van der Waals surface area (Å²) >= 11 is 0. The molecule has 0 aliphatic heterocycles. The Kier molecular flexibility index (Phi) is 4.75. The van der Waals surface area contributed by atoms with Crippen LogP contribution in [0.5, 0.6) is 0 Å². The number of rotatable bonds is 4. The summed E-state index contributed by atoms with van der Waals surface area (Å²) in [6.45, 7) is 7.66. The van der Waals surface area contributed by atoms with E-state index in [9.17, 15) is 0 Å². The second-order valence-corrected chi connectivity index (χ2v) is 4.78. The van der Waals surface area contributed by atoms with E-state index in [1.807, 2.05) is 0 Å². The van der Waals surface area contributed by atoms with Crippen LogP contribution in [0, 0.1) is 12.8 Å². The van der Waals surface area contributed by atoms with E-state index >= 15 is 0 Å². The molecule has 0 aliphatic carbocycles. The van der Waals surface area contributed by atoms with Crippen molar-refractivity contribution < 1.29 is 0 Å². The number of nitrogens with zero attached hydrogens (tertiary/aromatic N) is 1. The van der Waals surface area contributed by atoms with E-state index in [2.05, 4.69) is 70.1 Å². The number of allylic oxidation sites excluding steroid dienone is 1. The minimum absolute atomic E-state index is 0.571. The highest BCUT2D eigenvalue weighted by atomic mass is 15.1. The van der Waals surface area contributed by atoms with Gasteiger partial charge < -0.3 is 4.90 Å². The molecule has 88 valence electrons. The molecule has 0 amide bonds. The van der Waals surface area contributed by atoms with Gasteiger partial charge in [-0.05, 0) is 45.0 Å². The molecule has 0 fully saturated rings. The number of hydrogen-bond donors (Lipinski definition) is 0. The molecule has 1 aromatic carbocycles. The standard InChI is InChI=1S/C15H23N/c1-6-15(13(3)11-16(4)5)14-9-7-8-12(2)10-14/h6-10,13H,11H2,1-5H3/b15-6-. The molecule has 16 heavy (non-hydrogen) atoms. The first-order valence-corrected chi connectivity index (χ1v) is 5.92. The summed E-state index contributed by atoms with van der Waals surface area (Å²) in [5.41, 5.74) is 4.13. The molecule has 0 radical (unpaired) electrons. The van der Waals surface area contributed by atoms with Crippen molar-refractivity contribution in [2.24, 2.45) is 5.92 Å². The van der Waals surface area contributed by atoms with Gasteiger partial charge >= 0.3 is 0 Å². The lowest BCUT2D eigenvalue weighted by Crippen LogP contribution is -2.20. The van der Waals surface area contributed by atoms with Crippen LogP contribution in [-0.2, 0) is 0 Å². The highest BCUT2D eigenvalue weighted by molar-refractivity contribution is 5.67. The van der Waals surface area contributed by atoms with E-state index in [1.165, 1.54) is 16.7 Å². The summed E-state index contributed by atoms with van der Waals surface area (Å²) < 4.78 is 0. The van der Waals surface area contributed by atoms with Crippen molar-refractivity contribution in [1.82, 2.24) is 4.90 Å². The van der Waals surface area contributed by atoms with Gasteiger partial charge in [-0.1, -0.05) is 42.8 Å². The summed E-state index contributed by atoms with van der Waals surface area (Å²) in [6, 6.07) is 8.75. The average Bonchev–Trinajstić information content (AvgIpc) is 2.17. The van der Waals surface area contributed by atoms with Gasteiger partial charge in [0.05, 0.1) is 0 Å². The Morgan fingerprint density at radius 3 is 2.56 bits per heavy atom. The molecule has 0 aromatic heterocycles. The molecule has 0 N–H and O–H groups in total. The third kappa shape index (κ3) is 3.49. The maximum absolute atomic E-state index is 2.29. The van der Waals surface area contributed by atoms with Crippen LogP contribution < -0.4 is 0 Å². The third-order valence-corrected chi connectivity index (χ3v) is 2.83. The van der Waals surface area contributed by atoms with Gasteiger partial charge in [-0.15, -0.1) is 0 Å². The first kappa shape index (κ1) is 13.0. The molecular formula is C15H23N. The number of benzene rings is 1. The summed E-state index contributed by atoms with van der Waals surface area (Å²) in [5, 5.41) is 0. The van der Waals surface area contributed by atoms with Gasteiger partial charge in [-0.2, -0.15) is 0 Å². The van der Waals surface area contributed by atoms with Gasteiger partial charge in [-0.3, -0.25) is 0 Å². The molecule has 0 bridgehead atoms. The lowest BCUT2D eigenvalue weighted by atomic mass is 9.92. The minimum Gasteiger partial charge on any atom is -0.309 e. The quantitative estimate of drug-likeness (QED) is 0.745. The zero-order valence-electron chi connectivity index (χ0n) is 11.1. The van der Waals surface area contributed by atoms with Crippen LogP contribution in [0.25, 0.3) is 5.57 Å². The van der Waals surface area contributed by atoms with Crippen LogP contribution in [0.1, 0.15) is 25.0 Å². The van der Waals surface area contributed by atoms with Gasteiger partial charge in [0, 0.05) is 6.54 Å². The Labute approximate surface area is 99.8 Å². The summed E-state index contributed by atoms with van der Waals surface area (Å²) in [7, 11) is 4.25. The van der Waals surface area contributed by atoms with Crippen LogP contribution in [0.15, 0.2) is 30.3 Å².